The maximum absolute atomic E-state index is 9.88. The average molecular weight is 210 g/mol. The second-order valence-corrected chi connectivity index (χ2v) is 3.99. The van der Waals surface area contributed by atoms with E-state index in [1.807, 2.05) is 0 Å². The lowest BCUT2D eigenvalue weighted by Gasteiger charge is -2.17. The Morgan fingerprint density at radius 1 is 1.33 bits per heavy atom. The molecule has 2 heteroatoms. The largest absolute Gasteiger partial charge is 0.378 e. The minimum Gasteiger partial charge on any atom is -0.378 e. The van der Waals surface area contributed by atoms with Crippen LogP contribution in [0.1, 0.15) is 40.0 Å². The molecule has 0 fully saturated rings. The highest BCUT2D eigenvalue weighted by molar-refractivity contribution is 5.12. The van der Waals surface area contributed by atoms with Gasteiger partial charge in [-0.05, 0) is 32.9 Å². The average Bonchev–Trinajstić information content (AvgIpc) is 2.22. The maximum atomic E-state index is 9.88. The third-order valence-electron chi connectivity index (χ3n) is 2.47. The molecule has 2 nitrogen and oxygen atoms in total. The van der Waals surface area contributed by atoms with E-state index in [1.165, 1.54) is 0 Å². The monoisotopic (exact) mass is 210 g/mol. The Balaban J connectivity index is 4.01. The van der Waals surface area contributed by atoms with Crippen molar-refractivity contribution < 1.29 is 5.11 Å². The van der Waals surface area contributed by atoms with Crippen molar-refractivity contribution in [2.45, 2.75) is 45.6 Å². The van der Waals surface area contributed by atoms with Crippen molar-refractivity contribution in [2.75, 3.05) is 19.6 Å². The van der Waals surface area contributed by atoms with E-state index < -0.39 is 5.60 Å². The van der Waals surface area contributed by atoms with Gasteiger partial charge in [-0.15, -0.1) is 0 Å². The van der Waals surface area contributed by atoms with Gasteiger partial charge in [0.1, 0.15) is 5.60 Å². The molecule has 0 heterocycles. The molecule has 0 aliphatic carbocycles. The van der Waals surface area contributed by atoms with Crippen molar-refractivity contribution in [1.82, 2.24) is 4.90 Å². The molecule has 0 aromatic heterocycles. The van der Waals surface area contributed by atoms with Crippen LogP contribution in [0.15, 0.2) is 0 Å². The Morgan fingerprint density at radius 2 is 1.93 bits per heavy atom. The van der Waals surface area contributed by atoms with Crippen LogP contribution in [0, 0.1) is 18.8 Å². The molecule has 0 saturated carbocycles. The number of aliphatic hydroxyl groups is 1. The van der Waals surface area contributed by atoms with Crippen LogP contribution in [0.3, 0.4) is 0 Å². The molecule has 0 amide bonds. The summed E-state index contributed by atoms with van der Waals surface area (Å²) in [6.45, 7) is 12.5. The Kier molecular flexibility index (Phi) is 7.46. The summed E-state index contributed by atoms with van der Waals surface area (Å²) in [6, 6.07) is 0. The molecule has 0 saturated heterocycles. The summed E-state index contributed by atoms with van der Waals surface area (Å²) in [6.07, 6.45) is 2.49. The summed E-state index contributed by atoms with van der Waals surface area (Å²) in [5.41, 5.74) is -0.842. The summed E-state index contributed by atoms with van der Waals surface area (Å²) >= 11 is 0. The molecule has 0 aromatic carbocycles. The summed E-state index contributed by atoms with van der Waals surface area (Å²) in [7, 11) is 0. The van der Waals surface area contributed by atoms with Gasteiger partial charge in [0.2, 0.25) is 0 Å². The van der Waals surface area contributed by atoms with Gasteiger partial charge in [0, 0.05) is 0 Å². The molecule has 0 aromatic rings. The number of hydrogen-bond acceptors (Lipinski definition) is 2. The highest BCUT2D eigenvalue weighted by atomic mass is 16.3. The van der Waals surface area contributed by atoms with Gasteiger partial charge >= 0.3 is 0 Å². The minimum atomic E-state index is -0.842. The van der Waals surface area contributed by atoms with Gasteiger partial charge in [0.15, 0.2) is 0 Å². The van der Waals surface area contributed by atoms with Crippen molar-refractivity contribution in [3.05, 3.63) is 6.92 Å². The van der Waals surface area contributed by atoms with Crippen LogP contribution in [-0.2, 0) is 0 Å². The zero-order valence-corrected chi connectivity index (χ0v) is 10.3. The van der Waals surface area contributed by atoms with Gasteiger partial charge in [-0.1, -0.05) is 39.0 Å². The van der Waals surface area contributed by atoms with Gasteiger partial charge in [0.25, 0.3) is 0 Å². The highest BCUT2D eigenvalue weighted by Gasteiger charge is 2.15. The van der Waals surface area contributed by atoms with Crippen molar-refractivity contribution in [2.24, 2.45) is 0 Å². The van der Waals surface area contributed by atoms with Crippen LogP contribution >= 0.6 is 0 Å². The first-order valence-electron chi connectivity index (χ1n) is 5.79. The molecule has 0 rings (SSSR count). The van der Waals surface area contributed by atoms with Gasteiger partial charge < -0.3 is 5.11 Å². The predicted molar refractivity (Wildman–Crippen MR) is 65.4 cm³/mol. The zero-order chi connectivity index (χ0) is 11.7. The summed E-state index contributed by atoms with van der Waals surface area (Å²) in [5, 5.41) is 9.88. The Hall–Kier alpha value is -0.520. The van der Waals surface area contributed by atoms with Gasteiger partial charge in [-0.2, -0.15) is 0 Å². The van der Waals surface area contributed by atoms with Crippen LogP contribution in [0.25, 0.3) is 0 Å². The van der Waals surface area contributed by atoms with Crippen LogP contribution in [0.2, 0.25) is 0 Å². The molecule has 0 aliphatic rings. The summed E-state index contributed by atoms with van der Waals surface area (Å²) in [5.74, 6) is 5.97. The van der Waals surface area contributed by atoms with Gasteiger partial charge in [0.05, 0.1) is 6.54 Å². The fourth-order valence-corrected chi connectivity index (χ4v) is 1.32. The van der Waals surface area contributed by atoms with E-state index in [0.29, 0.717) is 6.42 Å². The Labute approximate surface area is 94.7 Å². The summed E-state index contributed by atoms with van der Waals surface area (Å²) < 4.78 is 0. The maximum Gasteiger partial charge on any atom is 0.122 e. The lowest BCUT2D eigenvalue weighted by Crippen LogP contribution is -2.25. The van der Waals surface area contributed by atoms with E-state index in [1.54, 1.807) is 6.92 Å². The highest BCUT2D eigenvalue weighted by Crippen LogP contribution is 2.11. The second-order valence-electron chi connectivity index (χ2n) is 3.99. The quantitative estimate of drug-likeness (QED) is 0.679. The third-order valence-corrected chi connectivity index (χ3v) is 2.47. The van der Waals surface area contributed by atoms with Crippen molar-refractivity contribution in [1.29, 1.82) is 0 Å². The number of unbranched alkanes of at least 4 members (excludes halogenated alkanes) is 1. The molecule has 0 spiro atoms. The lowest BCUT2D eigenvalue weighted by molar-refractivity contribution is 0.110. The van der Waals surface area contributed by atoms with E-state index in [0.717, 1.165) is 32.5 Å². The fraction of sp³-hybridized carbons (Fsp3) is 0.769. The fourth-order valence-electron chi connectivity index (χ4n) is 1.32. The number of nitrogens with zero attached hydrogens (tertiary/aromatic N) is 1. The standard InChI is InChI=1S/C13H24NO/c1-5-8-10-13(4,15)11-9-12-14(6-2)7-3/h15H,1,5-8,10,12H2,2-4H3. The Bertz CT molecular complexity index is 208. The van der Waals surface area contributed by atoms with Gasteiger partial charge in [-0.25, -0.2) is 0 Å². The van der Waals surface area contributed by atoms with Gasteiger partial charge in [-0.3, -0.25) is 4.90 Å². The second kappa shape index (κ2) is 7.73. The van der Waals surface area contributed by atoms with E-state index in [4.69, 9.17) is 0 Å². The van der Waals surface area contributed by atoms with Crippen molar-refractivity contribution >= 4 is 0 Å². The SMILES string of the molecule is [CH2]CCCC(C)(O)C#CCN(CC)CC. The molecule has 1 atom stereocenters. The number of hydrogen-bond donors (Lipinski definition) is 1. The third kappa shape index (κ3) is 7.41. The first kappa shape index (κ1) is 14.5. The van der Waals surface area contributed by atoms with Crippen molar-refractivity contribution in [3.8, 4) is 11.8 Å². The van der Waals surface area contributed by atoms with E-state index >= 15 is 0 Å². The smallest absolute Gasteiger partial charge is 0.122 e. The molecule has 87 valence electrons. The van der Waals surface area contributed by atoms with Crippen LogP contribution in [0.5, 0.6) is 0 Å². The van der Waals surface area contributed by atoms with E-state index in [9.17, 15) is 5.11 Å². The van der Waals surface area contributed by atoms with Crippen LogP contribution in [-0.4, -0.2) is 35.2 Å². The molecule has 1 unspecified atom stereocenters. The van der Waals surface area contributed by atoms with E-state index in [2.05, 4.69) is 37.5 Å². The molecule has 0 bridgehead atoms. The minimum absolute atomic E-state index is 0.710. The number of rotatable bonds is 6. The molecular formula is C13H24NO. The first-order chi connectivity index (χ1) is 7.05. The molecule has 1 N–H and O–H groups in total. The first-order valence-corrected chi connectivity index (χ1v) is 5.79. The summed E-state index contributed by atoms with van der Waals surface area (Å²) in [4.78, 5) is 2.23. The van der Waals surface area contributed by atoms with Crippen LogP contribution < -0.4 is 0 Å². The lowest BCUT2D eigenvalue weighted by atomic mass is 10.00. The van der Waals surface area contributed by atoms with Crippen molar-refractivity contribution in [3.63, 3.8) is 0 Å². The van der Waals surface area contributed by atoms with Crippen LogP contribution in [0.4, 0.5) is 0 Å². The molecular weight excluding hydrogens is 186 g/mol. The molecule has 0 aliphatic heterocycles. The Morgan fingerprint density at radius 3 is 2.40 bits per heavy atom. The molecule has 1 radical (unpaired) electrons. The predicted octanol–water partition coefficient (Wildman–Crippen LogP) is 2.09. The van der Waals surface area contributed by atoms with E-state index in [-0.39, 0.29) is 0 Å². The topological polar surface area (TPSA) is 23.5 Å². The zero-order valence-electron chi connectivity index (χ0n) is 10.3. The molecule has 15 heavy (non-hydrogen) atoms. The normalized spacial score (nSPS) is 14.5.